The molecule has 2 aromatic carbocycles. The number of thiazole rings is 1. The van der Waals surface area contributed by atoms with E-state index >= 15 is 0 Å². The van der Waals surface area contributed by atoms with Gasteiger partial charge in [0.2, 0.25) is 0 Å². The number of hydrogen-bond donors (Lipinski definition) is 0. The summed E-state index contributed by atoms with van der Waals surface area (Å²) in [6, 6.07) is 16.2. The molecule has 1 aliphatic rings. The van der Waals surface area contributed by atoms with E-state index in [1.807, 2.05) is 30.3 Å². The zero-order valence-corrected chi connectivity index (χ0v) is 15.8. The van der Waals surface area contributed by atoms with Crippen molar-refractivity contribution in [1.82, 2.24) is 14.8 Å². The van der Waals surface area contributed by atoms with E-state index in [0.717, 1.165) is 48.8 Å². The van der Waals surface area contributed by atoms with Crippen LogP contribution in [0.3, 0.4) is 0 Å². The van der Waals surface area contributed by atoms with Crippen LogP contribution >= 0.6 is 11.3 Å². The van der Waals surface area contributed by atoms with Gasteiger partial charge < -0.3 is 0 Å². The van der Waals surface area contributed by atoms with E-state index in [9.17, 15) is 4.79 Å². The minimum atomic E-state index is 0.211. The lowest BCUT2D eigenvalue weighted by molar-refractivity contribution is 0.0844. The second-order valence-electron chi connectivity index (χ2n) is 6.88. The summed E-state index contributed by atoms with van der Waals surface area (Å²) in [6.07, 6.45) is 0. The van der Waals surface area contributed by atoms with Gasteiger partial charge in [-0.05, 0) is 24.6 Å². The zero-order valence-electron chi connectivity index (χ0n) is 15.0. The Morgan fingerprint density at radius 3 is 2.54 bits per heavy atom. The predicted molar refractivity (Wildman–Crippen MR) is 107 cm³/mol. The highest BCUT2D eigenvalue weighted by Gasteiger charge is 2.19. The van der Waals surface area contributed by atoms with Gasteiger partial charge in [-0.3, -0.25) is 14.6 Å². The van der Waals surface area contributed by atoms with Crippen molar-refractivity contribution in [2.45, 2.75) is 13.5 Å². The third-order valence-electron chi connectivity index (χ3n) is 4.89. The topological polar surface area (TPSA) is 36.4 Å². The Bertz CT molecular complexity index is 898. The molecule has 134 valence electrons. The molecule has 1 fully saturated rings. The molecule has 1 aromatic heterocycles. The average molecular weight is 366 g/mol. The maximum Gasteiger partial charge on any atom is 0.176 e. The van der Waals surface area contributed by atoms with Crippen molar-refractivity contribution in [1.29, 1.82) is 0 Å². The Morgan fingerprint density at radius 2 is 1.77 bits per heavy atom. The predicted octanol–water partition coefficient (Wildman–Crippen LogP) is 3.61. The number of aromatic nitrogens is 1. The fraction of sp³-hybridized carbons (Fsp3) is 0.333. The quantitative estimate of drug-likeness (QED) is 0.647. The van der Waals surface area contributed by atoms with Gasteiger partial charge in [-0.15, -0.1) is 11.3 Å². The van der Waals surface area contributed by atoms with Gasteiger partial charge in [0.25, 0.3) is 0 Å². The van der Waals surface area contributed by atoms with E-state index in [1.54, 1.807) is 11.3 Å². The molecule has 4 rings (SSSR count). The SMILES string of the molecule is Cc1nc2cc(CN3CCN(CC(=O)c4ccccc4)CC3)ccc2s1. The molecule has 0 unspecified atom stereocenters. The summed E-state index contributed by atoms with van der Waals surface area (Å²) in [6.45, 7) is 7.40. The van der Waals surface area contributed by atoms with Crippen LogP contribution in [0, 0.1) is 6.92 Å². The number of fused-ring (bicyclic) bond motifs is 1. The number of carbonyl (C=O) groups is 1. The van der Waals surface area contributed by atoms with E-state index in [2.05, 4.69) is 39.9 Å². The summed E-state index contributed by atoms with van der Waals surface area (Å²) in [5.74, 6) is 0.211. The molecule has 3 aromatic rings. The molecule has 0 aliphatic carbocycles. The molecule has 4 nitrogen and oxygen atoms in total. The minimum absolute atomic E-state index is 0.211. The number of carbonyl (C=O) groups excluding carboxylic acids is 1. The number of Topliss-reactive ketones (excluding diaryl/α,β-unsaturated/α-hetero) is 1. The largest absolute Gasteiger partial charge is 0.297 e. The number of hydrogen-bond acceptors (Lipinski definition) is 5. The second-order valence-corrected chi connectivity index (χ2v) is 8.11. The molecule has 0 N–H and O–H groups in total. The Morgan fingerprint density at radius 1 is 1.04 bits per heavy atom. The lowest BCUT2D eigenvalue weighted by Gasteiger charge is -2.34. The summed E-state index contributed by atoms with van der Waals surface area (Å²) in [5, 5.41) is 1.12. The van der Waals surface area contributed by atoms with Crippen LogP contribution < -0.4 is 0 Å². The van der Waals surface area contributed by atoms with Crippen LogP contribution in [0.4, 0.5) is 0 Å². The van der Waals surface area contributed by atoms with Gasteiger partial charge >= 0.3 is 0 Å². The van der Waals surface area contributed by atoms with Crippen molar-refractivity contribution < 1.29 is 4.79 Å². The van der Waals surface area contributed by atoms with Crippen LogP contribution in [0.1, 0.15) is 20.9 Å². The van der Waals surface area contributed by atoms with Gasteiger partial charge in [-0.1, -0.05) is 36.4 Å². The van der Waals surface area contributed by atoms with E-state index in [-0.39, 0.29) is 5.78 Å². The van der Waals surface area contributed by atoms with Crippen LogP contribution in [-0.4, -0.2) is 53.3 Å². The number of nitrogens with zero attached hydrogens (tertiary/aromatic N) is 3. The summed E-state index contributed by atoms with van der Waals surface area (Å²) < 4.78 is 1.26. The molecule has 0 atom stereocenters. The summed E-state index contributed by atoms with van der Waals surface area (Å²) in [5.41, 5.74) is 3.23. The first-order valence-electron chi connectivity index (χ1n) is 9.06. The number of aryl methyl sites for hydroxylation is 1. The molecule has 0 spiro atoms. The van der Waals surface area contributed by atoms with E-state index < -0.39 is 0 Å². The fourth-order valence-corrected chi connectivity index (χ4v) is 4.28. The summed E-state index contributed by atoms with van der Waals surface area (Å²) >= 11 is 1.75. The van der Waals surface area contributed by atoms with Crippen LogP contribution in [0.15, 0.2) is 48.5 Å². The van der Waals surface area contributed by atoms with Crippen LogP contribution in [0.2, 0.25) is 0 Å². The normalized spacial score (nSPS) is 16.2. The van der Waals surface area contributed by atoms with Gasteiger partial charge in [0.1, 0.15) is 0 Å². The van der Waals surface area contributed by atoms with Crippen molar-refractivity contribution in [2.75, 3.05) is 32.7 Å². The van der Waals surface area contributed by atoms with Gasteiger partial charge in [-0.2, -0.15) is 0 Å². The van der Waals surface area contributed by atoms with Gasteiger partial charge in [0.05, 0.1) is 21.8 Å². The van der Waals surface area contributed by atoms with Crippen molar-refractivity contribution in [2.24, 2.45) is 0 Å². The molecular formula is C21H23N3OS. The molecule has 0 saturated carbocycles. The molecule has 0 amide bonds. The highest BCUT2D eigenvalue weighted by Crippen LogP contribution is 2.23. The number of piperazine rings is 1. The molecule has 0 radical (unpaired) electrons. The van der Waals surface area contributed by atoms with Crippen LogP contribution in [-0.2, 0) is 6.54 Å². The summed E-state index contributed by atoms with van der Waals surface area (Å²) in [7, 11) is 0. The highest BCUT2D eigenvalue weighted by molar-refractivity contribution is 7.18. The van der Waals surface area contributed by atoms with E-state index in [0.29, 0.717) is 6.54 Å². The Labute approximate surface area is 158 Å². The molecule has 0 bridgehead atoms. The third-order valence-corrected chi connectivity index (χ3v) is 5.84. The first kappa shape index (κ1) is 17.3. The van der Waals surface area contributed by atoms with E-state index in [1.165, 1.54) is 10.3 Å². The Kier molecular flexibility index (Phi) is 5.11. The lowest BCUT2D eigenvalue weighted by Crippen LogP contribution is -2.47. The van der Waals surface area contributed by atoms with Gasteiger partial charge in [-0.25, -0.2) is 4.98 Å². The molecular weight excluding hydrogens is 342 g/mol. The smallest absolute Gasteiger partial charge is 0.176 e. The standard InChI is InChI=1S/C21H23N3OS/c1-16-22-19-13-17(7-8-21(19)26-16)14-23-9-11-24(12-10-23)15-20(25)18-5-3-2-4-6-18/h2-8,13H,9-12,14-15H2,1H3. The second kappa shape index (κ2) is 7.66. The van der Waals surface area contributed by atoms with E-state index in [4.69, 9.17) is 0 Å². The number of ketones is 1. The van der Waals surface area contributed by atoms with Crippen molar-refractivity contribution in [3.8, 4) is 0 Å². The minimum Gasteiger partial charge on any atom is -0.297 e. The molecule has 5 heteroatoms. The van der Waals surface area contributed by atoms with Gasteiger partial charge in [0, 0.05) is 38.3 Å². The average Bonchev–Trinajstić information content (AvgIpc) is 3.03. The van der Waals surface area contributed by atoms with Crippen molar-refractivity contribution >= 4 is 27.3 Å². The number of benzene rings is 2. The Hall–Kier alpha value is -2.08. The Balaban J connectivity index is 1.31. The third kappa shape index (κ3) is 4.01. The lowest BCUT2D eigenvalue weighted by atomic mass is 10.1. The first-order chi connectivity index (χ1) is 12.7. The van der Waals surface area contributed by atoms with Gasteiger partial charge in [0.15, 0.2) is 5.78 Å². The fourth-order valence-electron chi connectivity index (χ4n) is 3.47. The van der Waals surface area contributed by atoms with Crippen LogP contribution in [0.5, 0.6) is 0 Å². The van der Waals surface area contributed by atoms with Crippen molar-refractivity contribution in [3.05, 3.63) is 64.7 Å². The molecule has 1 saturated heterocycles. The zero-order chi connectivity index (χ0) is 17.9. The maximum atomic E-state index is 12.4. The monoisotopic (exact) mass is 365 g/mol. The maximum absolute atomic E-state index is 12.4. The molecule has 2 heterocycles. The van der Waals surface area contributed by atoms with Crippen LogP contribution in [0.25, 0.3) is 10.2 Å². The van der Waals surface area contributed by atoms with Crippen molar-refractivity contribution in [3.63, 3.8) is 0 Å². The first-order valence-corrected chi connectivity index (χ1v) is 9.88. The molecule has 1 aliphatic heterocycles. The summed E-state index contributed by atoms with van der Waals surface area (Å²) in [4.78, 5) is 21.7. The molecule has 26 heavy (non-hydrogen) atoms. The number of rotatable bonds is 5. The highest BCUT2D eigenvalue weighted by atomic mass is 32.1.